The molecule has 0 aliphatic carbocycles. The number of nitrogens with zero attached hydrogens (tertiary/aromatic N) is 1. The molecule has 0 saturated carbocycles. The van der Waals surface area contributed by atoms with Crippen molar-refractivity contribution >= 4 is 23.2 Å². The topological polar surface area (TPSA) is 98.2 Å². The number of methoxy groups -OCH3 is 3. The molecule has 8 heteroatoms. The molecule has 0 atom stereocenters. The SMILES string of the molecule is COc1ccc(NC(=O)CC(C)=NNC(=O)Cc2ccc(OC)c(OC)c2)cc1. The Bertz CT molecular complexity index is 878. The summed E-state index contributed by atoms with van der Waals surface area (Å²) < 4.78 is 15.5. The van der Waals surface area contributed by atoms with Crippen LogP contribution in [0.2, 0.25) is 0 Å². The van der Waals surface area contributed by atoms with Crippen molar-refractivity contribution in [3.05, 3.63) is 48.0 Å². The molecule has 2 amide bonds. The molecule has 0 aliphatic heterocycles. The smallest absolute Gasteiger partial charge is 0.244 e. The summed E-state index contributed by atoms with van der Waals surface area (Å²) in [5.74, 6) is 1.32. The molecular weight excluding hydrogens is 374 g/mol. The van der Waals surface area contributed by atoms with Crippen molar-refractivity contribution in [2.45, 2.75) is 19.8 Å². The van der Waals surface area contributed by atoms with Crippen molar-refractivity contribution in [3.8, 4) is 17.2 Å². The lowest BCUT2D eigenvalue weighted by Gasteiger charge is -2.09. The highest BCUT2D eigenvalue weighted by atomic mass is 16.5. The molecule has 0 radical (unpaired) electrons. The van der Waals surface area contributed by atoms with Gasteiger partial charge in [-0.1, -0.05) is 6.07 Å². The largest absolute Gasteiger partial charge is 0.497 e. The predicted molar refractivity (Wildman–Crippen MR) is 111 cm³/mol. The van der Waals surface area contributed by atoms with E-state index in [0.29, 0.717) is 28.6 Å². The number of ether oxygens (including phenoxy) is 3. The Kier molecular flexibility index (Phi) is 8.02. The summed E-state index contributed by atoms with van der Waals surface area (Å²) in [6.07, 6.45) is 0.178. The molecule has 0 spiro atoms. The van der Waals surface area contributed by atoms with Gasteiger partial charge in [-0.25, -0.2) is 5.43 Å². The summed E-state index contributed by atoms with van der Waals surface area (Å²) in [4.78, 5) is 24.2. The van der Waals surface area contributed by atoms with E-state index in [0.717, 1.165) is 5.56 Å². The van der Waals surface area contributed by atoms with E-state index in [9.17, 15) is 9.59 Å². The van der Waals surface area contributed by atoms with Gasteiger partial charge < -0.3 is 19.5 Å². The highest BCUT2D eigenvalue weighted by Crippen LogP contribution is 2.27. The van der Waals surface area contributed by atoms with E-state index < -0.39 is 0 Å². The lowest BCUT2D eigenvalue weighted by atomic mass is 10.1. The number of anilines is 1. The lowest BCUT2D eigenvalue weighted by molar-refractivity contribution is -0.120. The van der Waals surface area contributed by atoms with Crippen LogP contribution in [-0.4, -0.2) is 38.9 Å². The van der Waals surface area contributed by atoms with E-state index in [2.05, 4.69) is 15.8 Å². The fraction of sp³-hybridized carbons (Fsp3) is 0.286. The van der Waals surface area contributed by atoms with Crippen molar-refractivity contribution in [1.82, 2.24) is 5.43 Å². The Balaban J connectivity index is 1.84. The van der Waals surface area contributed by atoms with Crippen LogP contribution in [0.15, 0.2) is 47.6 Å². The molecule has 2 rings (SSSR count). The maximum Gasteiger partial charge on any atom is 0.244 e. The molecular formula is C21H25N3O5. The van der Waals surface area contributed by atoms with Crippen molar-refractivity contribution in [3.63, 3.8) is 0 Å². The van der Waals surface area contributed by atoms with Gasteiger partial charge in [-0.15, -0.1) is 0 Å². The van der Waals surface area contributed by atoms with E-state index in [4.69, 9.17) is 14.2 Å². The van der Waals surface area contributed by atoms with Gasteiger partial charge in [0.2, 0.25) is 11.8 Å². The Morgan fingerprint density at radius 3 is 2.21 bits per heavy atom. The first kappa shape index (κ1) is 21.7. The number of benzene rings is 2. The predicted octanol–water partition coefficient (Wildman–Crippen LogP) is 2.78. The van der Waals surface area contributed by atoms with Gasteiger partial charge in [-0.3, -0.25) is 9.59 Å². The van der Waals surface area contributed by atoms with Gasteiger partial charge in [-0.2, -0.15) is 5.10 Å². The molecule has 0 saturated heterocycles. The molecule has 29 heavy (non-hydrogen) atoms. The number of rotatable bonds is 9. The van der Waals surface area contributed by atoms with E-state index in [1.807, 2.05) is 0 Å². The maximum atomic E-state index is 12.1. The van der Waals surface area contributed by atoms with Crippen LogP contribution in [0.25, 0.3) is 0 Å². The molecule has 0 aromatic heterocycles. The fourth-order valence-corrected chi connectivity index (χ4v) is 2.52. The Morgan fingerprint density at radius 1 is 0.897 bits per heavy atom. The van der Waals surface area contributed by atoms with Crippen LogP contribution in [0.1, 0.15) is 18.9 Å². The third kappa shape index (κ3) is 6.84. The second-order valence-electron chi connectivity index (χ2n) is 6.20. The van der Waals surface area contributed by atoms with Crippen LogP contribution in [-0.2, 0) is 16.0 Å². The number of hydrazone groups is 1. The zero-order chi connectivity index (χ0) is 21.2. The number of hydrogen-bond donors (Lipinski definition) is 2. The number of amides is 2. The monoisotopic (exact) mass is 399 g/mol. The van der Waals surface area contributed by atoms with Gasteiger partial charge in [0.1, 0.15) is 5.75 Å². The molecule has 0 aliphatic rings. The van der Waals surface area contributed by atoms with Gasteiger partial charge in [0.05, 0.1) is 34.2 Å². The molecule has 2 aromatic rings. The number of carbonyl (C=O) groups excluding carboxylic acids is 2. The first-order valence-corrected chi connectivity index (χ1v) is 8.92. The second kappa shape index (κ2) is 10.7. The van der Waals surface area contributed by atoms with Crippen molar-refractivity contribution < 1.29 is 23.8 Å². The Hall–Kier alpha value is -3.55. The molecule has 8 nitrogen and oxygen atoms in total. The first-order valence-electron chi connectivity index (χ1n) is 8.92. The minimum atomic E-state index is -0.299. The summed E-state index contributed by atoms with van der Waals surface area (Å²) in [6.45, 7) is 1.67. The average Bonchev–Trinajstić information content (AvgIpc) is 2.72. The van der Waals surface area contributed by atoms with Crippen LogP contribution in [0, 0.1) is 0 Å². The van der Waals surface area contributed by atoms with Gasteiger partial charge >= 0.3 is 0 Å². The van der Waals surface area contributed by atoms with Crippen LogP contribution >= 0.6 is 0 Å². The standard InChI is InChI=1S/C21H25N3O5/c1-14(11-20(25)22-16-6-8-17(27-2)9-7-16)23-24-21(26)13-15-5-10-18(28-3)19(12-15)29-4/h5-10,12H,11,13H2,1-4H3,(H,22,25)(H,24,26). The van der Waals surface area contributed by atoms with E-state index in [1.54, 1.807) is 63.6 Å². The molecule has 2 aromatic carbocycles. The molecule has 0 heterocycles. The lowest BCUT2D eigenvalue weighted by Crippen LogP contribution is -2.22. The average molecular weight is 399 g/mol. The molecule has 0 bridgehead atoms. The maximum absolute atomic E-state index is 12.1. The minimum absolute atomic E-state index is 0.0582. The summed E-state index contributed by atoms with van der Waals surface area (Å²) in [5.41, 5.74) is 4.35. The summed E-state index contributed by atoms with van der Waals surface area (Å²) in [7, 11) is 4.66. The molecule has 154 valence electrons. The summed E-state index contributed by atoms with van der Waals surface area (Å²) >= 11 is 0. The molecule has 0 fully saturated rings. The second-order valence-corrected chi connectivity index (χ2v) is 6.20. The first-order chi connectivity index (χ1) is 13.9. The number of hydrogen-bond acceptors (Lipinski definition) is 6. The third-order valence-corrected chi connectivity index (χ3v) is 3.97. The number of nitrogens with one attached hydrogen (secondary N) is 2. The van der Waals surface area contributed by atoms with E-state index in [1.165, 1.54) is 7.11 Å². The number of carbonyl (C=O) groups is 2. The van der Waals surface area contributed by atoms with Crippen molar-refractivity contribution in [1.29, 1.82) is 0 Å². The van der Waals surface area contributed by atoms with Gasteiger partial charge in [-0.05, 0) is 48.9 Å². The molecule has 2 N–H and O–H groups in total. The van der Waals surface area contributed by atoms with Crippen molar-refractivity contribution in [2.24, 2.45) is 5.10 Å². The highest BCUT2D eigenvalue weighted by molar-refractivity contribution is 6.05. The summed E-state index contributed by atoms with van der Waals surface area (Å²) in [5, 5.41) is 6.75. The molecule has 0 unspecified atom stereocenters. The highest BCUT2D eigenvalue weighted by Gasteiger charge is 2.09. The van der Waals surface area contributed by atoms with Gasteiger partial charge in [0.15, 0.2) is 11.5 Å². The van der Waals surface area contributed by atoms with Crippen LogP contribution in [0.3, 0.4) is 0 Å². The fourth-order valence-electron chi connectivity index (χ4n) is 2.52. The van der Waals surface area contributed by atoms with Crippen LogP contribution < -0.4 is 25.0 Å². The van der Waals surface area contributed by atoms with Crippen LogP contribution in [0.5, 0.6) is 17.2 Å². The van der Waals surface area contributed by atoms with E-state index in [-0.39, 0.29) is 24.7 Å². The Morgan fingerprint density at radius 2 is 1.59 bits per heavy atom. The van der Waals surface area contributed by atoms with E-state index >= 15 is 0 Å². The summed E-state index contributed by atoms with van der Waals surface area (Å²) in [6, 6.07) is 12.2. The zero-order valence-corrected chi connectivity index (χ0v) is 16.9. The van der Waals surface area contributed by atoms with Gasteiger partial charge in [0, 0.05) is 11.4 Å². The zero-order valence-electron chi connectivity index (χ0n) is 16.9. The normalized spacial score (nSPS) is 10.8. The quantitative estimate of drug-likeness (QED) is 0.499. The van der Waals surface area contributed by atoms with Gasteiger partial charge in [0.25, 0.3) is 0 Å². The van der Waals surface area contributed by atoms with Crippen LogP contribution in [0.4, 0.5) is 5.69 Å². The third-order valence-electron chi connectivity index (χ3n) is 3.97. The Labute approximate surface area is 169 Å². The minimum Gasteiger partial charge on any atom is -0.497 e. The van der Waals surface area contributed by atoms with Crippen molar-refractivity contribution in [2.75, 3.05) is 26.6 Å².